The van der Waals surface area contributed by atoms with Crippen LogP contribution in [0.2, 0.25) is 0 Å². The molecule has 0 saturated carbocycles. The number of pyridine rings is 1. The van der Waals surface area contributed by atoms with E-state index in [1.807, 2.05) is 29.1 Å². The molecule has 3 rings (SSSR count). The normalized spacial score (nSPS) is 15.3. The van der Waals surface area contributed by atoms with Crippen molar-refractivity contribution in [2.45, 2.75) is 20.0 Å². The minimum atomic E-state index is -0.240. The summed E-state index contributed by atoms with van der Waals surface area (Å²) in [6, 6.07) is 10.5. The van der Waals surface area contributed by atoms with Crippen LogP contribution in [0.1, 0.15) is 16.8 Å². The Labute approximate surface area is 160 Å². The maximum atomic E-state index is 13.0. The third-order valence-corrected chi connectivity index (χ3v) is 4.99. The molecular formula is C21H27FN4O. The summed E-state index contributed by atoms with van der Waals surface area (Å²) in [5.41, 5.74) is 3.32. The quantitative estimate of drug-likeness (QED) is 0.782. The van der Waals surface area contributed by atoms with Crippen LogP contribution in [0, 0.1) is 12.7 Å². The van der Waals surface area contributed by atoms with Crippen molar-refractivity contribution in [3.63, 3.8) is 0 Å². The highest BCUT2D eigenvalue weighted by Gasteiger charge is 2.22. The molecule has 1 aliphatic rings. The third kappa shape index (κ3) is 5.58. The summed E-state index contributed by atoms with van der Waals surface area (Å²) < 4.78 is 13.0. The number of aryl methyl sites for hydroxylation is 1. The summed E-state index contributed by atoms with van der Waals surface area (Å²) in [6.45, 7) is 7.14. The number of piperazine rings is 1. The van der Waals surface area contributed by atoms with Gasteiger partial charge in [-0.25, -0.2) is 4.39 Å². The zero-order valence-corrected chi connectivity index (χ0v) is 16.1. The van der Waals surface area contributed by atoms with Crippen LogP contribution in [-0.2, 0) is 17.9 Å². The van der Waals surface area contributed by atoms with Crippen molar-refractivity contribution >= 4 is 5.91 Å². The smallest absolute Gasteiger partial charge is 0.236 e. The average molecular weight is 370 g/mol. The number of rotatable bonds is 6. The van der Waals surface area contributed by atoms with Gasteiger partial charge in [-0.15, -0.1) is 0 Å². The van der Waals surface area contributed by atoms with Gasteiger partial charge < -0.3 is 4.90 Å². The van der Waals surface area contributed by atoms with Gasteiger partial charge in [-0.2, -0.15) is 0 Å². The second-order valence-corrected chi connectivity index (χ2v) is 7.22. The molecule has 1 aromatic carbocycles. The van der Waals surface area contributed by atoms with E-state index in [9.17, 15) is 9.18 Å². The van der Waals surface area contributed by atoms with Crippen molar-refractivity contribution in [3.8, 4) is 0 Å². The number of nitrogens with zero attached hydrogens (tertiary/aromatic N) is 4. The van der Waals surface area contributed by atoms with Crippen LogP contribution >= 0.6 is 0 Å². The number of hydrogen-bond acceptors (Lipinski definition) is 4. The third-order valence-electron chi connectivity index (χ3n) is 4.99. The first-order valence-corrected chi connectivity index (χ1v) is 9.35. The van der Waals surface area contributed by atoms with Crippen LogP contribution in [0.5, 0.6) is 0 Å². The van der Waals surface area contributed by atoms with Crippen LogP contribution in [0.15, 0.2) is 42.6 Å². The van der Waals surface area contributed by atoms with E-state index in [2.05, 4.69) is 22.9 Å². The standard InChI is InChI=1S/C21H27FN4O/c1-17-4-3-9-23-20(17)15-25-10-12-26(13-11-25)21(27)16-24(2)14-18-5-7-19(22)8-6-18/h3-9H,10-16H2,1-2H3. The van der Waals surface area contributed by atoms with Crippen LogP contribution in [0.4, 0.5) is 4.39 Å². The first-order chi connectivity index (χ1) is 13.0. The molecule has 1 fully saturated rings. The summed E-state index contributed by atoms with van der Waals surface area (Å²) in [5, 5.41) is 0. The van der Waals surface area contributed by atoms with E-state index < -0.39 is 0 Å². The zero-order valence-electron chi connectivity index (χ0n) is 16.1. The van der Waals surface area contributed by atoms with Crippen molar-refractivity contribution in [2.75, 3.05) is 39.8 Å². The summed E-state index contributed by atoms with van der Waals surface area (Å²) in [5.74, 6) is -0.0930. The number of likely N-dealkylation sites (N-methyl/N-ethyl adjacent to an activating group) is 1. The number of carbonyl (C=O) groups is 1. The Morgan fingerprint density at radius 3 is 2.52 bits per heavy atom. The monoisotopic (exact) mass is 370 g/mol. The predicted molar refractivity (Wildman–Crippen MR) is 104 cm³/mol. The molecule has 2 aromatic rings. The lowest BCUT2D eigenvalue weighted by atomic mass is 10.2. The minimum Gasteiger partial charge on any atom is -0.339 e. The fourth-order valence-electron chi connectivity index (χ4n) is 3.34. The van der Waals surface area contributed by atoms with E-state index in [1.54, 1.807) is 12.1 Å². The molecule has 5 nitrogen and oxygen atoms in total. The Kier molecular flexibility index (Phi) is 6.53. The second-order valence-electron chi connectivity index (χ2n) is 7.22. The van der Waals surface area contributed by atoms with Crippen molar-refractivity contribution in [3.05, 3.63) is 65.2 Å². The molecule has 0 spiro atoms. The highest BCUT2D eigenvalue weighted by Crippen LogP contribution is 2.11. The second kappa shape index (κ2) is 9.06. The van der Waals surface area contributed by atoms with E-state index in [-0.39, 0.29) is 11.7 Å². The van der Waals surface area contributed by atoms with Gasteiger partial charge in [-0.3, -0.25) is 19.6 Å². The van der Waals surface area contributed by atoms with Gasteiger partial charge in [-0.1, -0.05) is 18.2 Å². The van der Waals surface area contributed by atoms with Gasteiger partial charge in [0.25, 0.3) is 0 Å². The first-order valence-electron chi connectivity index (χ1n) is 9.35. The van der Waals surface area contributed by atoms with E-state index in [4.69, 9.17) is 0 Å². The van der Waals surface area contributed by atoms with Gasteiger partial charge in [0, 0.05) is 45.5 Å². The Bertz CT molecular complexity index is 757. The molecule has 0 atom stereocenters. The van der Waals surface area contributed by atoms with Crippen LogP contribution in [0.3, 0.4) is 0 Å². The van der Waals surface area contributed by atoms with Crippen molar-refractivity contribution in [1.29, 1.82) is 0 Å². The fraction of sp³-hybridized carbons (Fsp3) is 0.429. The number of halogens is 1. The molecular weight excluding hydrogens is 343 g/mol. The number of aromatic nitrogens is 1. The Balaban J connectivity index is 1.44. The molecule has 0 aliphatic carbocycles. The van der Waals surface area contributed by atoms with Gasteiger partial charge in [-0.05, 0) is 43.3 Å². The molecule has 27 heavy (non-hydrogen) atoms. The van der Waals surface area contributed by atoms with Crippen molar-refractivity contribution < 1.29 is 9.18 Å². The average Bonchev–Trinajstić information content (AvgIpc) is 2.66. The van der Waals surface area contributed by atoms with E-state index in [1.165, 1.54) is 17.7 Å². The molecule has 6 heteroatoms. The lowest BCUT2D eigenvalue weighted by Gasteiger charge is -2.35. The maximum Gasteiger partial charge on any atom is 0.236 e. The van der Waals surface area contributed by atoms with Crippen LogP contribution in [-0.4, -0.2) is 65.4 Å². The molecule has 0 bridgehead atoms. The molecule has 0 N–H and O–H groups in total. The van der Waals surface area contributed by atoms with Crippen molar-refractivity contribution in [1.82, 2.24) is 19.7 Å². The summed E-state index contributed by atoms with van der Waals surface area (Å²) >= 11 is 0. The van der Waals surface area contributed by atoms with E-state index in [0.717, 1.165) is 44.0 Å². The highest BCUT2D eigenvalue weighted by molar-refractivity contribution is 5.78. The molecule has 2 heterocycles. The molecule has 1 amide bonds. The van der Waals surface area contributed by atoms with E-state index in [0.29, 0.717) is 13.1 Å². The van der Waals surface area contributed by atoms with Gasteiger partial charge in [0.05, 0.1) is 12.2 Å². The zero-order chi connectivity index (χ0) is 19.2. The number of benzene rings is 1. The van der Waals surface area contributed by atoms with Gasteiger partial charge in [0.15, 0.2) is 0 Å². The Morgan fingerprint density at radius 1 is 1.15 bits per heavy atom. The molecule has 144 valence electrons. The maximum absolute atomic E-state index is 13.0. The molecule has 0 radical (unpaired) electrons. The Hall–Kier alpha value is -2.31. The van der Waals surface area contributed by atoms with Crippen LogP contribution < -0.4 is 0 Å². The molecule has 0 unspecified atom stereocenters. The molecule has 1 saturated heterocycles. The number of carbonyl (C=O) groups excluding carboxylic acids is 1. The van der Waals surface area contributed by atoms with Gasteiger partial charge in [0.2, 0.25) is 5.91 Å². The minimum absolute atomic E-state index is 0.147. The topological polar surface area (TPSA) is 39.7 Å². The summed E-state index contributed by atoms with van der Waals surface area (Å²) in [4.78, 5) is 23.3. The molecule has 1 aliphatic heterocycles. The predicted octanol–water partition coefficient (Wildman–Crippen LogP) is 2.31. The number of amides is 1. The van der Waals surface area contributed by atoms with Crippen LogP contribution in [0.25, 0.3) is 0 Å². The lowest BCUT2D eigenvalue weighted by molar-refractivity contribution is -0.134. The molecule has 1 aromatic heterocycles. The lowest BCUT2D eigenvalue weighted by Crippen LogP contribution is -2.50. The largest absolute Gasteiger partial charge is 0.339 e. The van der Waals surface area contributed by atoms with Gasteiger partial charge >= 0.3 is 0 Å². The summed E-state index contributed by atoms with van der Waals surface area (Å²) in [7, 11) is 1.92. The van der Waals surface area contributed by atoms with Gasteiger partial charge in [0.1, 0.15) is 5.82 Å². The number of hydrogen-bond donors (Lipinski definition) is 0. The van der Waals surface area contributed by atoms with Crippen molar-refractivity contribution in [2.24, 2.45) is 0 Å². The van der Waals surface area contributed by atoms with E-state index >= 15 is 0 Å². The Morgan fingerprint density at radius 2 is 1.85 bits per heavy atom. The SMILES string of the molecule is Cc1cccnc1CN1CCN(C(=O)CN(C)Cc2ccc(F)cc2)CC1. The fourth-order valence-corrected chi connectivity index (χ4v) is 3.34. The first kappa shape index (κ1) is 19.5. The summed E-state index contributed by atoms with van der Waals surface area (Å²) in [6.07, 6.45) is 1.83. The highest BCUT2D eigenvalue weighted by atomic mass is 19.1.